The normalized spacial score (nSPS) is 22.3. The molecule has 0 unspecified atom stereocenters. The third-order valence-electron chi connectivity index (χ3n) is 4.35. The molecule has 1 fully saturated rings. The Morgan fingerprint density at radius 3 is 2.52 bits per heavy atom. The standard InChI is InChI=1S/C15H27N5O2S/c1-10(2)13-8-20(15-12(4)16-7-11(3)17-15)9-14(13)18-23(21,22)19(5)6/h7,10,13-14,18H,8-9H2,1-6H3/t13-,14+/m0/s1. The second-order valence-electron chi connectivity index (χ2n) is 6.75. The van der Waals surface area contributed by atoms with E-state index in [9.17, 15) is 8.42 Å². The molecule has 2 rings (SSSR count). The van der Waals surface area contributed by atoms with Crippen molar-refractivity contribution in [3.63, 3.8) is 0 Å². The summed E-state index contributed by atoms with van der Waals surface area (Å²) in [6.07, 6.45) is 1.75. The summed E-state index contributed by atoms with van der Waals surface area (Å²) >= 11 is 0. The molecule has 2 heterocycles. The SMILES string of the molecule is Cc1cnc(C)c(N2C[C@@H](NS(=O)(=O)N(C)C)[C@H](C(C)C)C2)n1. The quantitative estimate of drug-likeness (QED) is 0.863. The molecule has 2 atom stereocenters. The van der Waals surface area contributed by atoms with Gasteiger partial charge in [-0.3, -0.25) is 4.98 Å². The van der Waals surface area contributed by atoms with Crippen LogP contribution < -0.4 is 9.62 Å². The molecule has 1 aromatic rings. The van der Waals surface area contributed by atoms with Crippen LogP contribution in [0.15, 0.2) is 6.20 Å². The minimum atomic E-state index is -3.45. The Morgan fingerprint density at radius 1 is 1.30 bits per heavy atom. The van der Waals surface area contributed by atoms with Crippen LogP contribution in [0.25, 0.3) is 0 Å². The van der Waals surface area contributed by atoms with E-state index in [1.165, 1.54) is 18.4 Å². The number of nitrogens with zero attached hydrogens (tertiary/aromatic N) is 4. The summed E-state index contributed by atoms with van der Waals surface area (Å²) in [5.41, 5.74) is 1.73. The molecular formula is C15H27N5O2S. The second-order valence-corrected chi connectivity index (χ2v) is 8.66. The molecule has 0 aliphatic carbocycles. The first-order valence-corrected chi connectivity index (χ1v) is 9.30. The fraction of sp³-hybridized carbons (Fsp3) is 0.733. The van der Waals surface area contributed by atoms with Crippen LogP contribution in [0.2, 0.25) is 0 Å². The first-order chi connectivity index (χ1) is 10.6. The van der Waals surface area contributed by atoms with Crippen molar-refractivity contribution in [1.29, 1.82) is 0 Å². The summed E-state index contributed by atoms with van der Waals surface area (Å²) in [7, 11) is -0.377. The average Bonchev–Trinajstić information content (AvgIpc) is 2.84. The molecule has 8 heteroatoms. The molecule has 0 amide bonds. The number of aryl methyl sites for hydroxylation is 2. The van der Waals surface area contributed by atoms with Crippen LogP contribution in [0.5, 0.6) is 0 Å². The molecule has 130 valence electrons. The number of hydrogen-bond donors (Lipinski definition) is 1. The second kappa shape index (κ2) is 6.70. The average molecular weight is 341 g/mol. The molecule has 7 nitrogen and oxygen atoms in total. The Labute approximate surface area is 139 Å². The maximum absolute atomic E-state index is 12.2. The molecule has 0 bridgehead atoms. The molecule has 0 aromatic carbocycles. The van der Waals surface area contributed by atoms with Crippen LogP contribution in [0.4, 0.5) is 5.82 Å². The summed E-state index contributed by atoms with van der Waals surface area (Å²) in [5.74, 6) is 1.45. The lowest BCUT2D eigenvalue weighted by atomic mass is 9.92. The molecule has 0 spiro atoms. The van der Waals surface area contributed by atoms with E-state index >= 15 is 0 Å². The Bertz CT molecular complexity index is 660. The lowest BCUT2D eigenvalue weighted by Gasteiger charge is -2.24. The Hall–Kier alpha value is -1.25. The predicted molar refractivity (Wildman–Crippen MR) is 91.6 cm³/mol. The van der Waals surface area contributed by atoms with E-state index in [0.717, 1.165) is 23.8 Å². The van der Waals surface area contributed by atoms with Crippen molar-refractivity contribution in [3.05, 3.63) is 17.6 Å². The highest BCUT2D eigenvalue weighted by Gasteiger charge is 2.38. The fourth-order valence-electron chi connectivity index (χ4n) is 2.92. The van der Waals surface area contributed by atoms with Gasteiger partial charge in [0.1, 0.15) is 5.82 Å². The molecule has 0 radical (unpaired) electrons. The smallest absolute Gasteiger partial charge is 0.279 e. The fourth-order valence-corrected chi connectivity index (χ4v) is 3.77. The summed E-state index contributed by atoms with van der Waals surface area (Å²) in [4.78, 5) is 11.1. The zero-order valence-electron chi connectivity index (χ0n) is 14.7. The van der Waals surface area contributed by atoms with Crippen LogP contribution in [0.3, 0.4) is 0 Å². The van der Waals surface area contributed by atoms with Gasteiger partial charge in [0.25, 0.3) is 10.2 Å². The molecular weight excluding hydrogens is 314 g/mol. The van der Waals surface area contributed by atoms with Crippen molar-refractivity contribution in [2.24, 2.45) is 11.8 Å². The van der Waals surface area contributed by atoms with Crippen molar-refractivity contribution < 1.29 is 8.42 Å². The van der Waals surface area contributed by atoms with Crippen molar-refractivity contribution in [3.8, 4) is 0 Å². The van der Waals surface area contributed by atoms with Gasteiger partial charge in [0, 0.05) is 39.4 Å². The molecule has 1 saturated heterocycles. The lowest BCUT2D eigenvalue weighted by Crippen LogP contribution is -2.46. The molecule has 1 aliphatic rings. The third kappa shape index (κ3) is 3.99. The summed E-state index contributed by atoms with van der Waals surface area (Å²) < 4.78 is 28.4. The number of aromatic nitrogens is 2. The number of nitrogens with one attached hydrogen (secondary N) is 1. The van der Waals surface area contributed by atoms with Crippen molar-refractivity contribution in [1.82, 2.24) is 19.0 Å². The predicted octanol–water partition coefficient (Wildman–Crippen LogP) is 0.950. The van der Waals surface area contributed by atoms with Crippen LogP contribution in [0.1, 0.15) is 25.2 Å². The van der Waals surface area contributed by atoms with Gasteiger partial charge in [-0.1, -0.05) is 13.8 Å². The van der Waals surface area contributed by atoms with Gasteiger partial charge in [0.2, 0.25) is 0 Å². The van der Waals surface area contributed by atoms with Crippen LogP contribution >= 0.6 is 0 Å². The van der Waals surface area contributed by atoms with E-state index in [2.05, 4.69) is 33.4 Å². The first-order valence-electron chi connectivity index (χ1n) is 7.86. The lowest BCUT2D eigenvalue weighted by molar-refractivity contribution is 0.358. The van der Waals surface area contributed by atoms with Gasteiger partial charge in [-0.05, 0) is 25.7 Å². The maximum Gasteiger partial charge on any atom is 0.279 e. The van der Waals surface area contributed by atoms with E-state index < -0.39 is 10.2 Å². The Kier molecular flexibility index (Phi) is 5.27. The van der Waals surface area contributed by atoms with Crippen molar-refractivity contribution in [2.45, 2.75) is 33.7 Å². The van der Waals surface area contributed by atoms with E-state index in [0.29, 0.717) is 12.5 Å². The van der Waals surface area contributed by atoms with Gasteiger partial charge in [-0.2, -0.15) is 17.4 Å². The van der Waals surface area contributed by atoms with Crippen LogP contribution in [-0.2, 0) is 10.2 Å². The number of rotatable bonds is 5. The highest BCUT2D eigenvalue weighted by Crippen LogP contribution is 2.29. The van der Waals surface area contributed by atoms with Crippen molar-refractivity contribution >= 4 is 16.0 Å². The minimum absolute atomic E-state index is 0.135. The number of anilines is 1. The summed E-state index contributed by atoms with van der Waals surface area (Å²) in [5, 5.41) is 0. The monoisotopic (exact) mass is 341 g/mol. The summed E-state index contributed by atoms with van der Waals surface area (Å²) in [6, 6.07) is -0.135. The van der Waals surface area contributed by atoms with Gasteiger partial charge in [0.15, 0.2) is 0 Å². The summed E-state index contributed by atoms with van der Waals surface area (Å²) in [6.45, 7) is 9.48. The van der Waals surface area contributed by atoms with Gasteiger partial charge in [0.05, 0.1) is 11.4 Å². The maximum atomic E-state index is 12.2. The number of hydrogen-bond acceptors (Lipinski definition) is 5. The van der Waals surface area contributed by atoms with E-state index in [-0.39, 0.29) is 12.0 Å². The van der Waals surface area contributed by atoms with Crippen LogP contribution in [0, 0.1) is 25.7 Å². The van der Waals surface area contributed by atoms with Gasteiger partial charge >= 0.3 is 0 Å². The topological polar surface area (TPSA) is 78.4 Å². The van der Waals surface area contributed by atoms with E-state index in [1.807, 2.05) is 13.8 Å². The molecule has 1 N–H and O–H groups in total. The highest BCUT2D eigenvalue weighted by atomic mass is 32.2. The van der Waals surface area contributed by atoms with Gasteiger partial charge < -0.3 is 4.90 Å². The Morgan fingerprint density at radius 2 is 1.96 bits per heavy atom. The molecule has 1 aliphatic heterocycles. The van der Waals surface area contributed by atoms with Gasteiger partial charge in [-0.15, -0.1) is 0 Å². The molecule has 23 heavy (non-hydrogen) atoms. The largest absolute Gasteiger partial charge is 0.353 e. The molecule has 0 saturated carbocycles. The molecule has 1 aromatic heterocycles. The minimum Gasteiger partial charge on any atom is -0.353 e. The first kappa shape index (κ1) is 18.1. The van der Waals surface area contributed by atoms with E-state index in [1.54, 1.807) is 6.20 Å². The van der Waals surface area contributed by atoms with Crippen LogP contribution in [-0.4, -0.2) is 55.9 Å². The Balaban J connectivity index is 2.26. The third-order valence-corrected chi connectivity index (χ3v) is 5.91. The highest BCUT2D eigenvalue weighted by molar-refractivity contribution is 7.87. The zero-order valence-corrected chi connectivity index (χ0v) is 15.6. The van der Waals surface area contributed by atoms with Crippen molar-refractivity contribution in [2.75, 3.05) is 32.1 Å². The van der Waals surface area contributed by atoms with Gasteiger partial charge in [-0.25, -0.2) is 4.98 Å². The van der Waals surface area contributed by atoms with E-state index in [4.69, 9.17) is 0 Å². The zero-order chi connectivity index (χ0) is 17.4.